The molecule has 6 rings (SSSR count). The van der Waals surface area contributed by atoms with Crippen LogP contribution in [-0.4, -0.2) is 54.6 Å². The number of rotatable bonds is 2. The average Bonchev–Trinajstić information content (AvgIpc) is 3.16. The van der Waals surface area contributed by atoms with Crippen molar-refractivity contribution < 1.29 is 4.79 Å². The van der Waals surface area contributed by atoms with Crippen LogP contribution in [0.15, 0.2) is 42.6 Å². The molecule has 32 heavy (non-hydrogen) atoms. The first kappa shape index (κ1) is 19.5. The van der Waals surface area contributed by atoms with Crippen LogP contribution >= 0.6 is 11.3 Å². The number of nitrogens with one attached hydrogen (secondary N) is 3. The summed E-state index contributed by atoms with van der Waals surface area (Å²) in [4.78, 5) is 25.3. The maximum atomic E-state index is 12.7. The zero-order valence-electron chi connectivity index (χ0n) is 17.8. The zero-order chi connectivity index (χ0) is 21.7. The monoisotopic (exact) mass is 444 g/mol. The third kappa shape index (κ3) is 3.27. The lowest BCUT2D eigenvalue weighted by molar-refractivity contribution is 0.0949. The van der Waals surface area contributed by atoms with E-state index in [4.69, 9.17) is 4.98 Å². The van der Waals surface area contributed by atoms with Gasteiger partial charge in [0, 0.05) is 66.0 Å². The van der Waals surface area contributed by atoms with Gasteiger partial charge in [0.1, 0.15) is 10.7 Å². The van der Waals surface area contributed by atoms with Gasteiger partial charge >= 0.3 is 0 Å². The highest BCUT2D eigenvalue weighted by Crippen LogP contribution is 2.41. The van der Waals surface area contributed by atoms with E-state index < -0.39 is 0 Å². The van der Waals surface area contributed by atoms with Crippen molar-refractivity contribution in [3.8, 4) is 11.3 Å². The molecule has 0 unspecified atom stereocenters. The van der Waals surface area contributed by atoms with Crippen LogP contribution in [-0.2, 0) is 0 Å². The van der Waals surface area contributed by atoms with Crippen molar-refractivity contribution in [2.24, 2.45) is 0 Å². The number of piperazine rings is 1. The van der Waals surface area contributed by atoms with Crippen LogP contribution in [0.1, 0.15) is 16.6 Å². The Hall–Kier alpha value is -3.23. The summed E-state index contributed by atoms with van der Waals surface area (Å²) >= 11 is 1.54. The van der Waals surface area contributed by atoms with E-state index in [9.17, 15) is 4.79 Å². The first-order chi connectivity index (χ1) is 15.7. The summed E-state index contributed by atoms with van der Waals surface area (Å²) in [5.41, 5.74) is 3.84. The SMILES string of the molecule is C[C@@H]1CNc2c(sc3ccc4nc(-c5ccnc(N6CCNCC6)c5)ccc4c23)C(=O)N1. The largest absolute Gasteiger partial charge is 0.381 e. The molecule has 1 aromatic carbocycles. The molecule has 5 heterocycles. The molecule has 162 valence electrons. The topological polar surface area (TPSA) is 82.2 Å². The molecule has 3 N–H and O–H groups in total. The van der Waals surface area contributed by atoms with Gasteiger partial charge in [-0.1, -0.05) is 0 Å². The van der Waals surface area contributed by atoms with E-state index >= 15 is 0 Å². The summed E-state index contributed by atoms with van der Waals surface area (Å²) in [6.07, 6.45) is 1.87. The number of pyridine rings is 2. The predicted octanol–water partition coefficient (Wildman–Crippen LogP) is 3.46. The molecule has 1 amide bonds. The minimum atomic E-state index is -0.00587. The van der Waals surface area contributed by atoms with E-state index in [0.717, 1.165) is 74.8 Å². The van der Waals surface area contributed by atoms with Crippen molar-refractivity contribution in [2.45, 2.75) is 13.0 Å². The Kier molecular flexibility index (Phi) is 4.69. The van der Waals surface area contributed by atoms with Gasteiger partial charge < -0.3 is 20.9 Å². The second kappa shape index (κ2) is 7.72. The molecule has 0 aliphatic carbocycles. The Balaban J connectivity index is 1.44. The summed E-state index contributed by atoms with van der Waals surface area (Å²) in [6.45, 7) is 6.60. The Labute approximate surface area is 189 Å². The Bertz CT molecular complexity index is 1340. The van der Waals surface area contributed by atoms with Gasteiger partial charge in [0.15, 0.2) is 0 Å². The van der Waals surface area contributed by atoms with Crippen LogP contribution < -0.4 is 20.9 Å². The number of hydrogen-bond acceptors (Lipinski definition) is 7. The number of benzene rings is 1. The smallest absolute Gasteiger partial charge is 0.263 e. The molecule has 1 saturated heterocycles. The number of thiophene rings is 1. The van der Waals surface area contributed by atoms with Gasteiger partial charge in [-0.25, -0.2) is 9.97 Å². The summed E-state index contributed by atoms with van der Waals surface area (Å²) in [5.74, 6) is 0.988. The van der Waals surface area contributed by atoms with Crippen LogP contribution in [0.4, 0.5) is 11.5 Å². The molecule has 0 spiro atoms. The summed E-state index contributed by atoms with van der Waals surface area (Å²) in [7, 11) is 0. The zero-order valence-corrected chi connectivity index (χ0v) is 18.6. The third-order valence-corrected chi connectivity index (χ3v) is 7.33. The summed E-state index contributed by atoms with van der Waals surface area (Å²) in [6, 6.07) is 12.6. The second-order valence-corrected chi connectivity index (χ2v) is 9.46. The van der Waals surface area contributed by atoms with Gasteiger partial charge in [-0.05, 0) is 43.3 Å². The Morgan fingerprint density at radius 1 is 1.12 bits per heavy atom. The van der Waals surface area contributed by atoms with Gasteiger partial charge in [-0.3, -0.25) is 4.79 Å². The first-order valence-corrected chi connectivity index (χ1v) is 11.8. The predicted molar refractivity (Wildman–Crippen MR) is 131 cm³/mol. The number of carbonyl (C=O) groups is 1. The summed E-state index contributed by atoms with van der Waals surface area (Å²) < 4.78 is 1.10. The molecular formula is C24H24N6OS. The standard InChI is InChI=1S/C24H24N6OS/c1-14-13-27-22-21-16-2-3-17(15-6-7-26-20(12-15)30-10-8-25-9-11-30)29-18(16)4-5-19(21)32-23(22)24(31)28-14/h2-7,12,14,25,27H,8-11,13H2,1H3,(H,28,31)/t14-/m1/s1. The van der Waals surface area contributed by atoms with Gasteiger partial charge in [0.05, 0.1) is 16.9 Å². The fourth-order valence-electron chi connectivity index (χ4n) is 4.53. The average molecular weight is 445 g/mol. The highest BCUT2D eigenvalue weighted by molar-refractivity contribution is 7.21. The molecule has 2 aliphatic rings. The van der Waals surface area contributed by atoms with E-state index in [1.54, 1.807) is 0 Å². The van der Waals surface area contributed by atoms with Crippen molar-refractivity contribution in [1.29, 1.82) is 0 Å². The van der Waals surface area contributed by atoms with Gasteiger partial charge in [0.25, 0.3) is 5.91 Å². The Morgan fingerprint density at radius 3 is 2.88 bits per heavy atom. The molecule has 0 radical (unpaired) electrons. The van der Waals surface area contributed by atoms with Crippen LogP contribution in [0, 0.1) is 0 Å². The van der Waals surface area contributed by atoms with E-state index in [-0.39, 0.29) is 11.9 Å². The van der Waals surface area contributed by atoms with E-state index in [1.165, 1.54) is 11.3 Å². The maximum absolute atomic E-state index is 12.7. The molecule has 2 aliphatic heterocycles. The minimum absolute atomic E-state index is 0.00587. The second-order valence-electron chi connectivity index (χ2n) is 8.40. The molecular weight excluding hydrogens is 420 g/mol. The van der Waals surface area contributed by atoms with Crippen molar-refractivity contribution in [2.75, 3.05) is 42.9 Å². The number of amides is 1. The summed E-state index contributed by atoms with van der Waals surface area (Å²) in [5, 5.41) is 12.1. The van der Waals surface area contributed by atoms with Crippen molar-refractivity contribution in [3.05, 3.63) is 47.5 Å². The molecule has 1 atom stereocenters. The van der Waals surface area contributed by atoms with Crippen LogP contribution in [0.5, 0.6) is 0 Å². The Morgan fingerprint density at radius 2 is 2.00 bits per heavy atom. The maximum Gasteiger partial charge on any atom is 0.263 e. The molecule has 7 nitrogen and oxygen atoms in total. The van der Waals surface area contributed by atoms with Gasteiger partial charge in [0.2, 0.25) is 0 Å². The lowest BCUT2D eigenvalue weighted by Crippen LogP contribution is -2.43. The van der Waals surface area contributed by atoms with Gasteiger partial charge in [-0.2, -0.15) is 0 Å². The molecule has 1 fully saturated rings. The van der Waals surface area contributed by atoms with Crippen molar-refractivity contribution in [1.82, 2.24) is 20.6 Å². The minimum Gasteiger partial charge on any atom is -0.381 e. The quantitative estimate of drug-likeness (QED) is 0.439. The third-order valence-electron chi connectivity index (χ3n) is 6.17. The number of aromatic nitrogens is 2. The van der Waals surface area contributed by atoms with E-state index in [2.05, 4.69) is 56.2 Å². The molecule has 4 aromatic rings. The van der Waals surface area contributed by atoms with Crippen molar-refractivity contribution in [3.63, 3.8) is 0 Å². The lowest BCUT2D eigenvalue weighted by atomic mass is 10.1. The van der Waals surface area contributed by atoms with Crippen molar-refractivity contribution >= 4 is 49.7 Å². The number of nitrogens with zero attached hydrogens (tertiary/aromatic N) is 3. The van der Waals surface area contributed by atoms with Crippen LogP contribution in [0.25, 0.3) is 32.2 Å². The lowest BCUT2D eigenvalue weighted by Gasteiger charge is -2.28. The molecule has 0 saturated carbocycles. The highest BCUT2D eigenvalue weighted by atomic mass is 32.1. The fourth-order valence-corrected chi connectivity index (χ4v) is 5.63. The van der Waals surface area contributed by atoms with Gasteiger partial charge in [-0.15, -0.1) is 11.3 Å². The normalized spacial score (nSPS) is 18.8. The molecule has 8 heteroatoms. The van der Waals surface area contributed by atoms with Crippen LogP contribution in [0.3, 0.4) is 0 Å². The highest BCUT2D eigenvalue weighted by Gasteiger charge is 2.24. The number of anilines is 2. The van der Waals surface area contributed by atoms with E-state index in [1.807, 2.05) is 19.2 Å². The number of hydrogen-bond donors (Lipinski definition) is 3. The molecule has 3 aromatic heterocycles. The fraction of sp³-hybridized carbons (Fsp3) is 0.292. The number of fused-ring (bicyclic) bond motifs is 5. The number of carbonyl (C=O) groups excluding carboxylic acids is 1. The van der Waals surface area contributed by atoms with E-state index in [0.29, 0.717) is 6.54 Å². The first-order valence-electron chi connectivity index (χ1n) is 11.0. The van der Waals surface area contributed by atoms with Crippen LogP contribution in [0.2, 0.25) is 0 Å². The molecule has 0 bridgehead atoms.